The van der Waals surface area contributed by atoms with Crippen LogP contribution in [0.5, 0.6) is 11.5 Å². The number of thiophene rings is 1. The van der Waals surface area contributed by atoms with Crippen LogP contribution >= 0.6 is 22.9 Å². The Balaban J connectivity index is 1.58. The molecule has 0 atom stereocenters. The first-order valence-corrected chi connectivity index (χ1v) is 15.8. The average Bonchev–Trinajstić information content (AvgIpc) is 3.47. The first-order chi connectivity index (χ1) is 18.8. The maximum Gasteiger partial charge on any atom is 0.243 e. The lowest BCUT2D eigenvalue weighted by atomic mass is 9.95. The molecule has 3 aromatic rings. The fourth-order valence-corrected chi connectivity index (χ4v) is 7.42. The molecule has 0 aliphatic heterocycles. The van der Waals surface area contributed by atoms with Gasteiger partial charge in [0.2, 0.25) is 15.9 Å². The Kier molecular flexibility index (Phi) is 10.3. The number of rotatable bonds is 12. The van der Waals surface area contributed by atoms with Crippen molar-refractivity contribution in [2.24, 2.45) is 0 Å². The number of carbonyl (C=O) groups excluding carboxylic acids is 1. The van der Waals surface area contributed by atoms with Crippen LogP contribution in [0.25, 0.3) is 0 Å². The van der Waals surface area contributed by atoms with Crippen LogP contribution in [-0.2, 0) is 27.8 Å². The fraction of sp³-hybridized carbons (Fsp3) is 0.414. The van der Waals surface area contributed by atoms with Crippen LogP contribution in [0.3, 0.4) is 0 Å². The third kappa shape index (κ3) is 7.54. The monoisotopic (exact) mass is 590 g/mol. The van der Waals surface area contributed by atoms with Crippen molar-refractivity contribution < 1.29 is 22.7 Å². The summed E-state index contributed by atoms with van der Waals surface area (Å²) in [6, 6.07) is 15.6. The molecule has 210 valence electrons. The van der Waals surface area contributed by atoms with Crippen LogP contribution < -0.4 is 9.47 Å². The highest BCUT2D eigenvalue weighted by molar-refractivity contribution is 7.89. The number of sulfonamides is 1. The highest BCUT2D eigenvalue weighted by Crippen LogP contribution is 2.30. The molecule has 39 heavy (non-hydrogen) atoms. The molecule has 0 spiro atoms. The SMILES string of the molecule is COc1ccc(CCN(Cc2cccs2)C(=O)CN(C2CCCCC2)S(=O)(=O)c2ccc(Cl)cc2)cc1OC. The third-order valence-electron chi connectivity index (χ3n) is 7.09. The summed E-state index contributed by atoms with van der Waals surface area (Å²) in [5.41, 5.74) is 0.995. The average molecular weight is 591 g/mol. The molecule has 0 N–H and O–H groups in total. The molecule has 0 saturated heterocycles. The maximum absolute atomic E-state index is 13.9. The van der Waals surface area contributed by atoms with Gasteiger partial charge in [0.1, 0.15) is 0 Å². The van der Waals surface area contributed by atoms with Gasteiger partial charge in [-0.2, -0.15) is 4.31 Å². The number of halogens is 1. The van der Waals surface area contributed by atoms with Crippen molar-refractivity contribution >= 4 is 38.9 Å². The van der Waals surface area contributed by atoms with E-state index in [4.69, 9.17) is 21.1 Å². The van der Waals surface area contributed by atoms with Gasteiger partial charge < -0.3 is 14.4 Å². The summed E-state index contributed by atoms with van der Waals surface area (Å²) in [6.07, 6.45) is 5.06. The van der Waals surface area contributed by atoms with Gasteiger partial charge in [-0.25, -0.2) is 8.42 Å². The summed E-state index contributed by atoms with van der Waals surface area (Å²) in [7, 11) is -0.708. The predicted molar refractivity (Wildman–Crippen MR) is 155 cm³/mol. The normalized spacial score (nSPS) is 14.4. The first-order valence-electron chi connectivity index (χ1n) is 13.1. The number of methoxy groups -OCH3 is 2. The van der Waals surface area contributed by atoms with Gasteiger partial charge in [-0.15, -0.1) is 11.3 Å². The number of benzene rings is 2. The molecule has 0 radical (unpaired) electrons. The Morgan fingerprint density at radius 2 is 1.72 bits per heavy atom. The number of hydrogen-bond donors (Lipinski definition) is 0. The van der Waals surface area contributed by atoms with Crippen molar-refractivity contribution in [3.63, 3.8) is 0 Å². The highest BCUT2D eigenvalue weighted by atomic mass is 35.5. The minimum atomic E-state index is -3.89. The molecule has 1 aliphatic rings. The summed E-state index contributed by atoms with van der Waals surface area (Å²) in [5.74, 6) is 1.05. The van der Waals surface area contributed by atoms with Gasteiger partial charge in [-0.1, -0.05) is 43.0 Å². The van der Waals surface area contributed by atoms with E-state index in [1.54, 1.807) is 42.6 Å². The second-order valence-electron chi connectivity index (χ2n) is 9.63. The standard InChI is InChI=1S/C29H35ClN2O5S2/c1-36-27-15-10-22(19-28(27)37-2)16-17-31(20-25-9-6-18-38-25)29(33)21-32(24-7-4-3-5-8-24)39(34,35)26-13-11-23(30)12-14-26/h6,9-15,18-19,24H,3-5,7-8,16-17,20-21H2,1-2H3. The molecule has 1 heterocycles. The summed E-state index contributed by atoms with van der Waals surface area (Å²) >= 11 is 7.60. The Labute approximate surface area is 240 Å². The minimum Gasteiger partial charge on any atom is -0.493 e. The number of nitrogens with zero attached hydrogens (tertiary/aromatic N) is 2. The summed E-state index contributed by atoms with van der Waals surface area (Å²) < 4.78 is 39.8. The van der Waals surface area contributed by atoms with E-state index in [0.717, 1.165) is 42.5 Å². The largest absolute Gasteiger partial charge is 0.493 e. The van der Waals surface area contributed by atoms with Gasteiger partial charge in [0, 0.05) is 22.5 Å². The molecule has 1 aliphatic carbocycles. The Bertz CT molecular complexity index is 1320. The van der Waals surface area contributed by atoms with Gasteiger partial charge in [0.15, 0.2) is 11.5 Å². The zero-order valence-electron chi connectivity index (χ0n) is 22.3. The van der Waals surface area contributed by atoms with E-state index in [1.807, 2.05) is 35.7 Å². The van der Waals surface area contributed by atoms with Crippen molar-refractivity contribution in [2.75, 3.05) is 27.3 Å². The van der Waals surface area contributed by atoms with E-state index < -0.39 is 10.0 Å². The number of amides is 1. The van der Waals surface area contributed by atoms with E-state index in [-0.39, 0.29) is 23.4 Å². The van der Waals surface area contributed by atoms with Gasteiger partial charge in [0.05, 0.1) is 32.2 Å². The van der Waals surface area contributed by atoms with Crippen molar-refractivity contribution in [1.82, 2.24) is 9.21 Å². The number of ether oxygens (including phenoxy) is 2. The smallest absolute Gasteiger partial charge is 0.243 e. The van der Waals surface area contributed by atoms with Crippen molar-refractivity contribution in [3.05, 3.63) is 75.4 Å². The van der Waals surface area contributed by atoms with Crippen molar-refractivity contribution in [1.29, 1.82) is 0 Å². The first kappa shape index (κ1) is 29.4. The molecular weight excluding hydrogens is 556 g/mol. The molecule has 2 aromatic carbocycles. The highest BCUT2D eigenvalue weighted by Gasteiger charge is 2.35. The Morgan fingerprint density at radius 3 is 2.36 bits per heavy atom. The molecule has 1 fully saturated rings. The van der Waals surface area contributed by atoms with Crippen LogP contribution in [-0.4, -0.2) is 56.9 Å². The van der Waals surface area contributed by atoms with E-state index in [2.05, 4.69) is 0 Å². The molecule has 0 unspecified atom stereocenters. The zero-order valence-corrected chi connectivity index (χ0v) is 24.7. The fourth-order valence-electron chi connectivity index (χ4n) is 4.94. The molecule has 1 amide bonds. The van der Waals surface area contributed by atoms with Crippen molar-refractivity contribution in [2.45, 2.75) is 56.0 Å². The summed E-state index contributed by atoms with van der Waals surface area (Å²) in [4.78, 5) is 16.8. The maximum atomic E-state index is 13.9. The van der Waals surface area contributed by atoms with Gasteiger partial charge in [0.25, 0.3) is 0 Å². The molecular formula is C29H35ClN2O5S2. The Morgan fingerprint density at radius 1 is 1.00 bits per heavy atom. The molecule has 10 heteroatoms. The van der Waals surface area contributed by atoms with E-state index >= 15 is 0 Å². The lowest BCUT2D eigenvalue weighted by molar-refractivity contribution is -0.132. The van der Waals surface area contributed by atoms with Crippen LogP contribution in [0.4, 0.5) is 0 Å². The van der Waals surface area contributed by atoms with Crippen LogP contribution in [0.1, 0.15) is 42.5 Å². The lowest BCUT2D eigenvalue weighted by Gasteiger charge is -2.34. The second-order valence-corrected chi connectivity index (χ2v) is 13.0. The number of hydrogen-bond acceptors (Lipinski definition) is 6. The van der Waals surface area contributed by atoms with Crippen LogP contribution in [0.2, 0.25) is 5.02 Å². The zero-order chi connectivity index (χ0) is 27.8. The molecule has 4 rings (SSSR count). The predicted octanol–water partition coefficient (Wildman–Crippen LogP) is 6.01. The number of carbonyl (C=O) groups is 1. The van der Waals surface area contributed by atoms with Gasteiger partial charge >= 0.3 is 0 Å². The van der Waals surface area contributed by atoms with Gasteiger partial charge in [-0.3, -0.25) is 4.79 Å². The molecule has 1 saturated carbocycles. The molecule has 0 bridgehead atoms. The van der Waals surface area contributed by atoms with Crippen molar-refractivity contribution in [3.8, 4) is 11.5 Å². The topological polar surface area (TPSA) is 76.2 Å². The molecule has 7 nitrogen and oxygen atoms in total. The second kappa shape index (κ2) is 13.7. The lowest BCUT2D eigenvalue weighted by Crippen LogP contribution is -2.48. The van der Waals surface area contributed by atoms with E-state index in [1.165, 1.54) is 16.4 Å². The molecule has 1 aromatic heterocycles. The quantitative estimate of drug-likeness (QED) is 0.258. The van der Waals surface area contributed by atoms with E-state index in [0.29, 0.717) is 36.0 Å². The Hall–Kier alpha value is -2.59. The minimum absolute atomic E-state index is 0.153. The summed E-state index contributed by atoms with van der Waals surface area (Å²) in [5, 5.41) is 2.44. The van der Waals surface area contributed by atoms with Gasteiger partial charge in [-0.05, 0) is 72.7 Å². The van der Waals surface area contributed by atoms with Crippen LogP contribution in [0.15, 0.2) is 64.9 Å². The third-order valence-corrected chi connectivity index (χ3v) is 10.1. The van der Waals surface area contributed by atoms with E-state index in [9.17, 15) is 13.2 Å². The van der Waals surface area contributed by atoms with Crippen LogP contribution in [0, 0.1) is 0 Å². The summed E-state index contributed by atoms with van der Waals surface area (Å²) in [6.45, 7) is 0.655.